The molecule has 5 nitrogen and oxygen atoms in total. The highest BCUT2D eigenvalue weighted by Gasteiger charge is 2.28. The number of hydrogen-bond acceptors (Lipinski definition) is 5. The van der Waals surface area contributed by atoms with Crippen molar-refractivity contribution < 1.29 is 18.3 Å². The molecule has 0 saturated carbocycles. The SMILES string of the molecule is Cc1cc(C2CCCN(C(C)c3ccc4c(n3)OCCO4)C2)cc(C(F)F)n1. The first-order chi connectivity index (χ1) is 13.5. The fourth-order valence-corrected chi connectivity index (χ4v) is 4.06. The van der Waals surface area contributed by atoms with Gasteiger partial charge in [-0.15, -0.1) is 0 Å². The summed E-state index contributed by atoms with van der Waals surface area (Å²) in [7, 11) is 0. The van der Waals surface area contributed by atoms with Crippen LogP contribution in [0, 0.1) is 6.92 Å². The average molecular weight is 389 g/mol. The van der Waals surface area contributed by atoms with Gasteiger partial charge >= 0.3 is 0 Å². The van der Waals surface area contributed by atoms with E-state index in [4.69, 9.17) is 9.47 Å². The van der Waals surface area contributed by atoms with Gasteiger partial charge in [-0.05, 0) is 69.0 Å². The normalized spacial score (nSPS) is 21.0. The summed E-state index contributed by atoms with van der Waals surface area (Å²) in [5, 5.41) is 0. The third kappa shape index (κ3) is 3.94. The van der Waals surface area contributed by atoms with Crippen LogP contribution in [0.15, 0.2) is 24.3 Å². The zero-order valence-corrected chi connectivity index (χ0v) is 16.2. The summed E-state index contributed by atoms with van der Waals surface area (Å²) < 4.78 is 37.5. The highest BCUT2D eigenvalue weighted by atomic mass is 19.3. The van der Waals surface area contributed by atoms with Gasteiger partial charge in [-0.3, -0.25) is 9.88 Å². The molecular formula is C21H25F2N3O2. The highest BCUT2D eigenvalue weighted by Crippen LogP contribution is 2.35. The van der Waals surface area contributed by atoms with E-state index in [0.717, 1.165) is 37.2 Å². The number of ether oxygens (including phenoxy) is 2. The average Bonchev–Trinajstić information content (AvgIpc) is 2.72. The molecule has 0 radical (unpaired) electrons. The van der Waals surface area contributed by atoms with E-state index in [1.165, 1.54) is 0 Å². The van der Waals surface area contributed by atoms with Crippen LogP contribution in [-0.2, 0) is 0 Å². The Labute approximate surface area is 163 Å². The molecule has 0 aromatic carbocycles. The number of aromatic nitrogens is 2. The molecule has 0 amide bonds. The molecule has 28 heavy (non-hydrogen) atoms. The quantitative estimate of drug-likeness (QED) is 0.774. The van der Waals surface area contributed by atoms with Crippen LogP contribution in [0.1, 0.15) is 60.8 Å². The van der Waals surface area contributed by atoms with Gasteiger partial charge in [0.1, 0.15) is 18.9 Å². The summed E-state index contributed by atoms with van der Waals surface area (Å²) in [6, 6.07) is 7.51. The minimum Gasteiger partial charge on any atom is -0.484 e. The van der Waals surface area contributed by atoms with Gasteiger partial charge < -0.3 is 9.47 Å². The van der Waals surface area contributed by atoms with Crippen molar-refractivity contribution in [2.75, 3.05) is 26.3 Å². The Kier molecular flexibility index (Phi) is 5.44. The van der Waals surface area contributed by atoms with E-state index in [9.17, 15) is 8.78 Å². The summed E-state index contributed by atoms with van der Waals surface area (Å²) >= 11 is 0. The molecular weight excluding hydrogens is 364 g/mol. The molecule has 4 rings (SSSR count). The summed E-state index contributed by atoms with van der Waals surface area (Å²) in [5.74, 6) is 1.45. The van der Waals surface area contributed by atoms with Crippen molar-refractivity contribution in [2.24, 2.45) is 0 Å². The Hall–Kier alpha value is -2.28. The molecule has 4 heterocycles. The van der Waals surface area contributed by atoms with Crippen LogP contribution < -0.4 is 9.47 Å². The number of hydrogen-bond donors (Lipinski definition) is 0. The predicted octanol–water partition coefficient (Wildman–Crippen LogP) is 4.43. The molecule has 0 spiro atoms. The van der Waals surface area contributed by atoms with E-state index in [1.54, 1.807) is 13.0 Å². The smallest absolute Gasteiger partial charge is 0.280 e. The second kappa shape index (κ2) is 7.99. The molecule has 0 N–H and O–H groups in total. The Balaban J connectivity index is 1.52. The van der Waals surface area contributed by atoms with Crippen LogP contribution in [-0.4, -0.2) is 41.2 Å². The first-order valence-electron chi connectivity index (χ1n) is 9.78. The van der Waals surface area contributed by atoms with E-state index < -0.39 is 6.43 Å². The molecule has 2 aliphatic rings. The second-order valence-corrected chi connectivity index (χ2v) is 7.51. The number of piperidine rings is 1. The molecule has 0 aliphatic carbocycles. The van der Waals surface area contributed by atoms with Gasteiger partial charge in [0.25, 0.3) is 12.3 Å². The maximum Gasteiger partial charge on any atom is 0.280 e. The number of pyridine rings is 2. The third-order valence-corrected chi connectivity index (χ3v) is 5.55. The van der Waals surface area contributed by atoms with Crippen molar-refractivity contribution in [3.05, 3.63) is 46.9 Å². The Bertz CT molecular complexity index is 846. The minimum atomic E-state index is -2.54. The zero-order chi connectivity index (χ0) is 19.7. The fraction of sp³-hybridized carbons (Fsp3) is 0.524. The fourth-order valence-electron chi connectivity index (χ4n) is 4.06. The van der Waals surface area contributed by atoms with Gasteiger partial charge in [0, 0.05) is 18.3 Å². The van der Waals surface area contributed by atoms with Crippen LogP contribution in [0.4, 0.5) is 8.78 Å². The summed E-state index contributed by atoms with van der Waals surface area (Å²) in [6.07, 6.45) is -0.534. The molecule has 0 bridgehead atoms. The second-order valence-electron chi connectivity index (χ2n) is 7.51. The molecule has 1 fully saturated rings. The number of likely N-dealkylation sites (tertiary alicyclic amines) is 1. The Morgan fingerprint density at radius 2 is 1.93 bits per heavy atom. The molecule has 2 aliphatic heterocycles. The van der Waals surface area contributed by atoms with Crippen LogP contribution in [0.25, 0.3) is 0 Å². The Morgan fingerprint density at radius 1 is 1.11 bits per heavy atom. The number of fused-ring (bicyclic) bond motifs is 1. The predicted molar refractivity (Wildman–Crippen MR) is 101 cm³/mol. The van der Waals surface area contributed by atoms with Gasteiger partial charge in [-0.1, -0.05) is 0 Å². The molecule has 2 aromatic rings. The summed E-state index contributed by atoms with van der Waals surface area (Å²) in [6.45, 7) is 6.73. The first-order valence-corrected chi connectivity index (χ1v) is 9.78. The Morgan fingerprint density at radius 3 is 2.75 bits per heavy atom. The molecule has 2 aromatic heterocycles. The van der Waals surface area contributed by atoms with Crippen molar-refractivity contribution >= 4 is 0 Å². The van der Waals surface area contributed by atoms with E-state index in [-0.39, 0.29) is 17.7 Å². The van der Waals surface area contributed by atoms with Gasteiger partial charge in [0.05, 0.1) is 5.69 Å². The van der Waals surface area contributed by atoms with Gasteiger partial charge in [-0.2, -0.15) is 0 Å². The van der Waals surface area contributed by atoms with Crippen LogP contribution >= 0.6 is 0 Å². The summed E-state index contributed by atoms with van der Waals surface area (Å²) in [5.41, 5.74) is 2.40. The number of nitrogens with zero attached hydrogens (tertiary/aromatic N) is 3. The standard InChI is InChI=1S/C21H25F2N3O2/c1-13-10-16(11-18(24-13)20(22)23)15-4-3-7-26(12-15)14(2)17-5-6-19-21(25-17)28-9-8-27-19/h5-6,10-11,14-15,20H,3-4,7-9,12H2,1-2H3. The molecule has 150 valence electrons. The van der Waals surface area contributed by atoms with E-state index in [1.807, 2.05) is 18.2 Å². The molecule has 7 heteroatoms. The van der Waals surface area contributed by atoms with Crippen LogP contribution in [0.5, 0.6) is 11.6 Å². The van der Waals surface area contributed by atoms with Crippen molar-refractivity contribution in [3.63, 3.8) is 0 Å². The van der Waals surface area contributed by atoms with E-state index in [0.29, 0.717) is 30.5 Å². The zero-order valence-electron chi connectivity index (χ0n) is 16.2. The lowest BCUT2D eigenvalue weighted by Crippen LogP contribution is -2.36. The topological polar surface area (TPSA) is 47.5 Å². The number of aryl methyl sites for hydroxylation is 1. The lowest BCUT2D eigenvalue weighted by molar-refractivity contribution is 0.143. The number of alkyl halides is 2. The maximum atomic E-state index is 13.2. The van der Waals surface area contributed by atoms with E-state index in [2.05, 4.69) is 21.8 Å². The summed E-state index contributed by atoms with van der Waals surface area (Å²) in [4.78, 5) is 11.0. The van der Waals surface area contributed by atoms with Gasteiger partial charge in [0.2, 0.25) is 0 Å². The minimum absolute atomic E-state index is 0.108. The van der Waals surface area contributed by atoms with E-state index >= 15 is 0 Å². The highest BCUT2D eigenvalue weighted by molar-refractivity contribution is 5.36. The molecule has 1 saturated heterocycles. The maximum absolute atomic E-state index is 13.2. The van der Waals surface area contributed by atoms with Crippen LogP contribution in [0.2, 0.25) is 0 Å². The van der Waals surface area contributed by atoms with Crippen LogP contribution in [0.3, 0.4) is 0 Å². The lowest BCUT2D eigenvalue weighted by atomic mass is 9.89. The first kappa shape index (κ1) is 19.1. The number of rotatable bonds is 4. The monoisotopic (exact) mass is 389 g/mol. The van der Waals surface area contributed by atoms with Crippen molar-refractivity contribution in [3.8, 4) is 11.6 Å². The van der Waals surface area contributed by atoms with Gasteiger partial charge in [0.15, 0.2) is 5.75 Å². The van der Waals surface area contributed by atoms with Gasteiger partial charge in [-0.25, -0.2) is 13.8 Å². The van der Waals surface area contributed by atoms with Crippen molar-refractivity contribution in [1.29, 1.82) is 0 Å². The molecule has 2 unspecified atom stereocenters. The largest absolute Gasteiger partial charge is 0.484 e. The molecule has 2 atom stereocenters. The van der Waals surface area contributed by atoms with Crippen molar-refractivity contribution in [2.45, 2.75) is 45.1 Å². The van der Waals surface area contributed by atoms with Crippen molar-refractivity contribution in [1.82, 2.24) is 14.9 Å². The lowest BCUT2D eigenvalue weighted by Gasteiger charge is -2.37. The third-order valence-electron chi connectivity index (χ3n) is 5.55. The number of halogens is 2.